The van der Waals surface area contributed by atoms with Crippen LogP contribution in [-0.2, 0) is 75.7 Å². The number of aliphatic hydroxyl groups is 1. The van der Waals surface area contributed by atoms with Crippen LogP contribution in [0.25, 0.3) is 0 Å². The van der Waals surface area contributed by atoms with Gasteiger partial charge in [0, 0.05) is 71.7 Å². The molecule has 5 aromatic carbocycles. The number of rotatable bonds is 11. The van der Waals surface area contributed by atoms with Crippen LogP contribution in [0.2, 0.25) is 0 Å². The Hall–Kier alpha value is -6.36. The zero-order valence-electron chi connectivity index (χ0n) is 48.4. The molecule has 29 heteroatoms. The fourth-order valence-electron chi connectivity index (χ4n) is 5.15. The molecule has 0 saturated heterocycles. The number of aryl methyl sites for hydroxylation is 3. The number of ether oxygens (including phenoxy) is 3. The van der Waals surface area contributed by atoms with Crippen molar-refractivity contribution in [1.29, 1.82) is 0 Å². The number of nitrogen functional groups attached to an aromatic ring is 1. The van der Waals surface area contributed by atoms with Crippen molar-refractivity contribution in [3.8, 4) is 0 Å². The second kappa shape index (κ2) is 43.3. The maximum absolute atomic E-state index is 11.0. The SMILES string of the molecule is CC(C)(C)OC(=O)OC(=O)OC(C)(C)C.CCO.CCc1cccc(N)c1.CCc1cccc(NS(C)(=O)=O)c1.CCc1cccc([N+](=O)[O-])c1.CS(=O)(=O)Cl.CS(=O)(=O)Nc1cccc(CN)c1.Cl.Cl.NCc1cccc([N+](=O)[O-])c1. The number of sulfonamides is 2. The molecule has 0 aliphatic heterocycles. The molecule has 0 radical (unpaired) electrons. The number of carbonyl (C=O) groups is 2. The maximum Gasteiger partial charge on any atom is 0.519 e. The lowest BCUT2D eigenvalue weighted by atomic mass is 10.1. The lowest BCUT2D eigenvalue weighted by Crippen LogP contribution is -2.29. The summed E-state index contributed by atoms with van der Waals surface area (Å²) in [5, 5.41) is 28.1. The van der Waals surface area contributed by atoms with E-state index in [4.69, 9.17) is 31.8 Å². The van der Waals surface area contributed by atoms with E-state index in [0.717, 1.165) is 66.0 Å². The number of hydrogen-bond acceptors (Lipinski definition) is 19. The van der Waals surface area contributed by atoms with Gasteiger partial charge in [0.1, 0.15) is 11.2 Å². The molecule has 82 heavy (non-hydrogen) atoms. The average Bonchev–Trinajstić information content (AvgIpc) is 3.32. The van der Waals surface area contributed by atoms with Crippen LogP contribution in [0.4, 0.5) is 38.0 Å². The highest BCUT2D eigenvalue weighted by Crippen LogP contribution is 2.16. The molecule has 9 N–H and O–H groups in total. The lowest BCUT2D eigenvalue weighted by molar-refractivity contribution is -0.385. The highest BCUT2D eigenvalue weighted by Gasteiger charge is 2.24. The van der Waals surface area contributed by atoms with Crippen molar-refractivity contribution >= 4 is 105 Å². The molecule has 464 valence electrons. The topological polar surface area (TPSA) is 373 Å². The van der Waals surface area contributed by atoms with Crippen LogP contribution in [0.1, 0.15) is 97.1 Å². The van der Waals surface area contributed by atoms with E-state index in [1.165, 1.54) is 23.8 Å². The van der Waals surface area contributed by atoms with E-state index < -0.39 is 57.5 Å². The molecule has 5 rings (SSSR count). The number of carbonyl (C=O) groups excluding carboxylic acids is 2. The van der Waals surface area contributed by atoms with Crippen molar-refractivity contribution in [2.45, 2.75) is 113 Å². The Bertz CT molecular complexity index is 2830. The summed E-state index contributed by atoms with van der Waals surface area (Å²) in [6.07, 6.45) is 3.86. The highest BCUT2D eigenvalue weighted by molar-refractivity contribution is 8.13. The van der Waals surface area contributed by atoms with Crippen LogP contribution in [-0.4, -0.2) is 89.1 Å². The van der Waals surface area contributed by atoms with Crippen LogP contribution < -0.4 is 26.6 Å². The largest absolute Gasteiger partial charge is 0.519 e. The first-order valence-corrected chi connectivity index (χ1v) is 30.7. The normalized spacial score (nSPS) is 10.3. The number of non-ortho nitro benzene ring substituents is 2. The summed E-state index contributed by atoms with van der Waals surface area (Å²) < 4.78 is 80.9. The third-order valence-corrected chi connectivity index (χ3v) is 9.51. The van der Waals surface area contributed by atoms with Crippen molar-refractivity contribution in [3.63, 3.8) is 0 Å². The van der Waals surface area contributed by atoms with E-state index in [0.29, 0.717) is 24.5 Å². The molecule has 0 spiro atoms. The van der Waals surface area contributed by atoms with Crippen molar-refractivity contribution < 1.29 is 64.0 Å². The number of halogens is 3. The number of aliphatic hydroxyl groups excluding tert-OH is 1. The Labute approximate surface area is 500 Å². The van der Waals surface area contributed by atoms with Gasteiger partial charge < -0.3 is 36.5 Å². The summed E-state index contributed by atoms with van der Waals surface area (Å²) in [5.74, 6) is 0. The standard InChI is InChI=1S/C10H18O5.C9H13NO2S.C8H12N2O2S.C8H9NO2.C8H11N.C7H8N2O2.C2H6O.CH3ClO2S.2ClH/c1-9(2,3)14-7(11)13-8(12)15-10(4,5)6;1-3-8-5-4-6-9(7-8)10-13(2,11)12;1-13(11,12)10-8-4-2-3-7(5-8)6-9;1-2-7-4-3-5-8(6-7)9(10)11;1-2-7-4-3-5-8(9)6-7;8-5-6-2-1-3-7(4-6)9(10)11;1-2-3;1-5(2,3)4;;/h1-6H3;4-7,10H,3H2,1-2H3;2-5,10H,6,9H2,1H3;3-6H,2H2,1H3;3-6H,2,9H2,1H3;1-4H,5,8H2;3H,2H2,1H3;1H3;2*1H. The van der Waals surface area contributed by atoms with Gasteiger partial charge in [0.15, 0.2) is 0 Å². The minimum absolute atomic E-state index is 0. The summed E-state index contributed by atoms with van der Waals surface area (Å²) in [6, 6.07) is 35.3. The number of nitro groups is 2. The Kier molecular flexibility index (Phi) is 44.6. The van der Waals surface area contributed by atoms with Gasteiger partial charge in [-0.25, -0.2) is 34.8 Å². The van der Waals surface area contributed by atoms with Crippen molar-refractivity contribution in [2.24, 2.45) is 11.5 Å². The van der Waals surface area contributed by atoms with Gasteiger partial charge in [-0.05, 0) is 132 Å². The summed E-state index contributed by atoms with van der Waals surface area (Å²) >= 11 is 0. The first-order chi connectivity index (χ1) is 36.7. The van der Waals surface area contributed by atoms with Crippen molar-refractivity contribution in [1.82, 2.24) is 0 Å². The Morgan fingerprint density at radius 1 is 0.549 bits per heavy atom. The van der Waals surface area contributed by atoms with Crippen LogP contribution in [0, 0.1) is 20.2 Å². The number of benzene rings is 5. The van der Waals surface area contributed by atoms with Gasteiger partial charge in [-0.2, -0.15) is 0 Å². The predicted octanol–water partition coefficient (Wildman–Crippen LogP) is 11.1. The number of nitro benzene ring substituents is 2. The summed E-state index contributed by atoms with van der Waals surface area (Å²) in [4.78, 5) is 41.7. The van der Waals surface area contributed by atoms with E-state index in [2.05, 4.69) is 37.9 Å². The fraction of sp³-hybridized carbons (Fsp3) is 0.396. The number of nitrogens with zero attached hydrogens (tertiary/aromatic N) is 2. The third kappa shape index (κ3) is 53.0. The molecule has 0 bridgehead atoms. The van der Waals surface area contributed by atoms with Gasteiger partial charge in [-0.1, -0.05) is 81.4 Å². The van der Waals surface area contributed by atoms with Gasteiger partial charge in [-0.3, -0.25) is 29.7 Å². The minimum atomic E-state index is -3.19. The molecule has 23 nitrogen and oxygen atoms in total. The summed E-state index contributed by atoms with van der Waals surface area (Å²) in [7, 11) is -5.04. The second-order valence-electron chi connectivity index (χ2n) is 18.2. The molecule has 5 aromatic rings. The van der Waals surface area contributed by atoms with Gasteiger partial charge in [0.2, 0.25) is 29.1 Å². The number of hydrogen-bond donors (Lipinski definition) is 6. The summed E-state index contributed by atoms with van der Waals surface area (Å²) in [6.45, 7) is 18.8. The summed E-state index contributed by atoms with van der Waals surface area (Å²) in [5.41, 5.74) is 22.2. The zero-order valence-corrected chi connectivity index (χ0v) is 53.2. The Balaban J connectivity index is -0.000000281. The molecule has 0 atom stereocenters. The average molecular weight is 1280 g/mol. The molecule has 0 aliphatic rings. The smallest absolute Gasteiger partial charge is 0.428 e. The van der Waals surface area contributed by atoms with Gasteiger partial charge in [0.05, 0.1) is 28.6 Å². The zero-order chi connectivity index (χ0) is 62.5. The van der Waals surface area contributed by atoms with Crippen molar-refractivity contribution in [2.75, 3.05) is 40.6 Å². The van der Waals surface area contributed by atoms with Crippen LogP contribution in [0.15, 0.2) is 121 Å². The van der Waals surface area contributed by atoms with Gasteiger partial charge in [0.25, 0.3) is 11.4 Å². The Morgan fingerprint density at radius 3 is 1.10 bits per heavy atom. The maximum atomic E-state index is 11.0. The monoisotopic (exact) mass is 1270 g/mol. The van der Waals surface area contributed by atoms with Crippen LogP contribution in [0.5, 0.6) is 0 Å². The van der Waals surface area contributed by atoms with E-state index in [-0.39, 0.29) is 47.7 Å². The number of nitrogens with one attached hydrogen (secondary N) is 2. The first kappa shape index (κ1) is 84.4. The number of anilines is 3. The van der Waals surface area contributed by atoms with E-state index in [1.807, 2.05) is 62.4 Å². The predicted molar refractivity (Wildman–Crippen MR) is 332 cm³/mol. The highest BCUT2D eigenvalue weighted by atomic mass is 35.7. The molecule has 0 heterocycles. The lowest BCUT2D eigenvalue weighted by Gasteiger charge is -2.20. The second-order valence-corrected chi connectivity index (χ2v) is 24.8. The molecule has 0 aromatic heterocycles. The molecule has 0 saturated carbocycles. The van der Waals surface area contributed by atoms with Crippen molar-refractivity contribution in [3.05, 3.63) is 169 Å². The molecule has 0 aliphatic carbocycles. The van der Waals surface area contributed by atoms with Gasteiger partial charge >= 0.3 is 12.3 Å². The van der Waals surface area contributed by atoms with Gasteiger partial charge in [-0.15, -0.1) is 24.8 Å². The fourth-order valence-corrected chi connectivity index (χ4v) is 6.26. The van der Waals surface area contributed by atoms with Crippen LogP contribution in [0.3, 0.4) is 0 Å². The molecular weight excluding hydrogens is 1190 g/mol. The van der Waals surface area contributed by atoms with E-state index in [1.54, 1.807) is 97.0 Å². The third-order valence-electron chi connectivity index (χ3n) is 8.30. The molecule has 0 fully saturated rings. The number of nitrogens with two attached hydrogens (primary N) is 3. The quantitative estimate of drug-likeness (QED) is 0.0179. The van der Waals surface area contributed by atoms with E-state index >= 15 is 0 Å². The Morgan fingerprint density at radius 2 is 0.817 bits per heavy atom. The molecular formula is C53H82Cl3N7O16S3. The van der Waals surface area contributed by atoms with Crippen LogP contribution >= 0.6 is 35.5 Å². The molecule has 0 unspecified atom stereocenters. The van der Waals surface area contributed by atoms with E-state index in [9.17, 15) is 55.1 Å². The minimum Gasteiger partial charge on any atom is -0.428 e. The first-order valence-electron chi connectivity index (χ1n) is 24.2. The molecule has 0 amide bonds.